The largest absolute Gasteiger partial charge is 0.494 e. The standard InChI is InChI=1S/C16H26N6O2/c1-21(2)12-13-5-3-6-14(11-13)24-10-4-7-18-16-19-15(17)20-22(16)8-9-23/h3,5-6,11,23H,4,7-10,12H2,1-2H3,(H3,17,18,19,20). The van der Waals surface area contributed by atoms with Gasteiger partial charge in [-0.15, -0.1) is 5.10 Å². The van der Waals surface area contributed by atoms with Crippen LogP contribution in [0.1, 0.15) is 12.0 Å². The Hall–Kier alpha value is -2.32. The van der Waals surface area contributed by atoms with Crippen LogP contribution in [0.15, 0.2) is 24.3 Å². The van der Waals surface area contributed by atoms with E-state index < -0.39 is 0 Å². The van der Waals surface area contributed by atoms with Crippen molar-refractivity contribution >= 4 is 11.9 Å². The molecule has 0 aliphatic heterocycles. The van der Waals surface area contributed by atoms with Crippen LogP contribution in [0.4, 0.5) is 11.9 Å². The van der Waals surface area contributed by atoms with Gasteiger partial charge < -0.3 is 25.8 Å². The predicted molar refractivity (Wildman–Crippen MR) is 94.0 cm³/mol. The van der Waals surface area contributed by atoms with Gasteiger partial charge in [-0.2, -0.15) is 4.98 Å². The second-order valence-corrected chi connectivity index (χ2v) is 5.75. The molecule has 4 N–H and O–H groups in total. The van der Waals surface area contributed by atoms with Gasteiger partial charge in [0.1, 0.15) is 5.75 Å². The zero-order valence-electron chi connectivity index (χ0n) is 14.3. The number of nitrogens with two attached hydrogens (primary N) is 1. The number of hydrogen-bond acceptors (Lipinski definition) is 7. The molecule has 132 valence electrons. The highest BCUT2D eigenvalue weighted by Crippen LogP contribution is 2.14. The Bertz CT molecular complexity index is 629. The van der Waals surface area contributed by atoms with E-state index in [1.807, 2.05) is 26.2 Å². The van der Waals surface area contributed by atoms with E-state index in [1.54, 1.807) is 4.68 Å². The quantitative estimate of drug-likeness (QED) is 0.552. The van der Waals surface area contributed by atoms with Crippen LogP contribution in [-0.2, 0) is 13.1 Å². The minimum atomic E-state index is -0.0100. The average molecular weight is 334 g/mol. The lowest BCUT2D eigenvalue weighted by Crippen LogP contribution is -2.14. The second kappa shape index (κ2) is 9.09. The van der Waals surface area contributed by atoms with Gasteiger partial charge in [-0.25, -0.2) is 4.68 Å². The van der Waals surface area contributed by atoms with Gasteiger partial charge in [0, 0.05) is 13.1 Å². The van der Waals surface area contributed by atoms with Gasteiger partial charge in [-0.05, 0) is 38.2 Å². The Morgan fingerprint density at radius 2 is 2.21 bits per heavy atom. The molecule has 8 nitrogen and oxygen atoms in total. The van der Waals surface area contributed by atoms with E-state index in [-0.39, 0.29) is 12.6 Å². The average Bonchev–Trinajstić information content (AvgIpc) is 2.87. The van der Waals surface area contributed by atoms with Gasteiger partial charge >= 0.3 is 0 Å². The summed E-state index contributed by atoms with van der Waals surface area (Å²) in [6, 6.07) is 8.12. The zero-order chi connectivity index (χ0) is 17.4. The molecule has 0 unspecified atom stereocenters. The van der Waals surface area contributed by atoms with Crippen molar-refractivity contribution in [1.29, 1.82) is 0 Å². The zero-order valence-corrected chi connectivity index (χ0v) is 14.3. The predicted octanol–water partition coefficient (Wildman–Crippen LogP) is 0.795. The van der Waals surface area contributed by atoms with Crippen LogP contribution in [-0.4, -0.2) is 58.6 Å². The number of ether oxygens (including phenoxy) is 1. The number of hydrogen-bond donors (Lipinski definition) is 3. The molecule has 0 bridgehead atoms. The van der Waals surface area contributed by atoms with E-state index in [9.17, 15) is 0 Å². The number of nitrogens with zero attached hydrogens (tertiary/aromatic N) is 4. The molecular formula is C16H26N6O2. The summed E-state index contributed by atoms with van der Waals surface area (Å²) in [6.45, 7) is 2.52. The monoisotopic (exact) mass is 334 g/mol. The summed E-state index contributed by atoms with van der Waals surface area (Å²) in [5.41, 5.74) is 6.80. The first-order valence-electron chi connectivity index (χ1n) is 8.00. The molecule has 0 amide bonds. The third-order valence-electron chi connectivity index (χ3n) is 3.27. The van der Waals surface area contributed by atoms with Crippen LogP contribution in [0.2, 0.25) is 0 Å². The van der Waals surface area contributed by atoms with Crippen molar-refractivity contribution in [3.63, 3.8) is 0 Å². The Morgan fingerprint density at radius 1 is 1.38 bits per heavy atom. The number of aromatic nitrogens is 3. The summed E-state index contributed by atoms with van der Waals surface area (Å²) in [5.74, 6) is 1.64. The van der Waals surface area contributed by atoms with E-state index >= 15 is 0 Å². The summed E-state index contributed by atoms with van der Waals surface area (Å²) in [4.78, 5) is 6.21. The highest BCUT2D eigenvalue weighted by Gasteiger charge is 2.06. The maximum atomic E-state index is 8.99. The van der Waals surface area contributed by atoms with Crippen LogP contribution in [0.25, 0.3) is 0 Å². The molecule has 8 heteroatoms. The van der Waals surface area contributed by atoms with Crippen molar-refractivity contribution in [1.82, 2.24) is 19.7 Å². The Morgan fingerprint density at radius 3 is 2.96 bits per heavy atom. The lowest BCUT2D eigenvalue weighted by atomic mass is 10.2. The third kappa shape index (κ3) is 5.71. The first kappa shape index (κ1) is 18.0. The lowest BCUT2D eigenvalue weighted by Gasteiger charge is -2.12. The van der Waals surface area contributed by atoms with Crippen LogP contribution >= 0.6 is 0 Å². The van der Waals surface area contributed by atoms with Crippen molar-refractivity contribution < 1.29 is 9.84 Å². The molecule has 1 aromatic carbocycles. The molecule has 0 fully saturated rings. The van der Waals surface area contributed by atoms with Gasteiger partial charge in [0.25, 0.3) is 0 Å². The SMILES string of the molecule is CN(C)Cc1cccc(OCCCNc2nc(N)nn2CCO)c1. The Balaban J connectivity index is 1.73. The smallest absolute Gasteiger partial charge is 0.241 e. The second-order valence-electron chi connectivity index (χ2n) is 5.75. The summed E-state index contributed by atoms with van der Waals surface area (Å²) in [6.07, 6.45) is 0.809. The molecule has 0 saturated heterocycles. The summed E-state index contributed by atoms with van der Waals surface area (Å²) in [5, 5.41) is 16.1. The highest BCUT2D eigenvalue weighted by atomic mass is 16.5. The normalized spacial score (nSPS) is 11.0. The van der Waals surface area contributed by atoms with Crippen LogP contribution in [0.3, 0.4) is 0 Å². The van der Waals surface area contributed by atoms with Crippen molar-refractivity contribution in [3.8, 4) is 5.75 Å². The molecular weight excluding hydrogens is 308 g/mol. The first-order chi connectivity index (χ1) is 11.6. The maximum Gasteiger partial charge on any atom is 0.241 e. The van der Waals surface area contributed by atoms with E-state index in [1.165, 1.54) is 5.56 Å². The van der Waals surface area contributed by atoms with Crippen molar-refractivity contribution in [3.05, 3.63) is 29.8 Å². The van der Waals surface area contributed by atoms with E-state index in [4.69, 9.17) is 15.6 Å². The maximum absolute atomic E-state index is 8.99. The molecule has 2 aromatic rings. The Labute approximate surface area is 142 Å². The van der Waals surface area contributed by atoms with Crippen LogP contribution in [0, 0.1) is 0 Å². The molecule has 0 saturated carbocycles. The Kier molecular flexibility index (Phi) is 6.83. The van der Waals surface area contributed by atoms with Crippen LogP contribution in [0.5, 0.6) is 5.75 Å². The fourth-order valence-electron chi connectivity index (χ4n) is 2.30. The topological polar surface area (TPSA) is 101 Å². The third-order valence-corrected chi connectivity index (χ3v) is 3.27. The van der Waals surface area contributed by atoms with E-state index in [0.29, 0.717) is 25.6 Å². The summed E-state index contributed by atoms with van der Waals surface area (Å²) in [7, 11) is 4.09. The van der Waals surface area contributed by atoms with E-state index in [2.05, 4.69) is 32.4 Å². The van der Waals surface area contributed by atoms with Gasteiger partial charge in [-0.1, -0.05) is 12.1 Å². The molecule has 2 rings (SSSR count). The fourth-order valence-corrected chi connectivity index (χ4v) is 2.30. The molecule has 0 radical (unpaired) electrons. The molecule has 0 aliphatic rings. The van der Waals surface area contributed by atoms with Crippen molar-refractivity contribution in [2.75, 3.05) is 44.9 Å². The minimum Gasteiger partial charge on any atom is -0.494 e. The number of nitrogen functional groups attached to an aromatic ring is 1. The summed E-state index contributed by atoms with van der Waals surface area (Å²) >= 11 is 0. The van der Waals surface area contributed by atoms with Gasteiger partial charge in [-0.3, -0.25) is 0 Å². The van der Waals surface area contributed by atoms with Gasteiger partial charge in [0.2, 0.25) is 11.9 Å². The molecule has 0 atom stereocenters. The number of nitrogens with one attached hydrogen (secondary N) is 1. The van der Waals surface area contributed by atoms with Crippen LogP contribution < -0.4 is 15.8 Å². The van der Waals surface area contributed by atoms with Crippen molar-refractivity contribution in [2.45, 2.75) is 19.5 Å². The van der Waals surface area contributed by atoms with E-state index in [0.717, 1.165) is 18.7 Å². The fraction of sp³-hybridized carbons (Fsp3) is 0.500. The lowest BCUT2D eigenvalue weighted by molar-refractivity contribution is 0.270. The molecule has 0 aliphatic carbocycles. The number of aliphatic hydroxyl groups excluding tert-OH is 1. The number of aliphatic hydroxyl groups is 1. The van der Waals surface area contributed by atoms with Gasteiger partial charge in [0.15, 0.2) is 0 Å². The number of anilines is 2. The molecule has 0 spiro atoms. The molecule has 1 heterocycles. The molecule has 1 aromatic heterocycles. The van der Waals surface area contributed by atoms with Crippen molar-refractivity contribution in [2.24, 2.45) is 0 Å². The first-order valence-corrected chi connectivity index (χ1v) is 8.00. The molecule has 24 heavy (non-hydrogen) atoms. The minimum absolute atomic E-state index is 0.0100. The summed E-state index contributed by atoms with van der Waals surface area (Å²) < 4.78 is 7.34. The van der Waals surface area contributed by atoms with Gasteiger partial charge in [0.05, 0.1) is 19.8 Å². The number of benzene rings is 1. The number of rotatable bonds is 10. The highest BCUT2D eigenvalue weighted by molar-refractivity contribution is 5.31.